The van der Waals surface area contributed by atoms with Gasteiger partial charge in [-0.25, -0.2) is 14.2 Å². The van der Waals surface area contributed by atoms with Crippen molar-refractivity contribution in [2.45, 2.75) is 12.5 Å². The third-order valence-electron chi connectivity index (χ3n) is 5.08. The Morgan fingerprint density at radius 2 is 1.85 bits per heavy atom. The quantitative estimate of drug-likeness (QED) is 0.375. The van der Waals surface area contributed by atoms with Crippen LogP contribution in [0, 0.1) is 12.4 Å². The molecule has 0 saturated carbocycles. The molecule has 0 bridgehead atoms. The first kappa shape index (κ1) is 21.9. The van der Waals surface area contributed by atoms with Crippen LogP contribution in [-0.4, -0.2) is 27.5 Å². The summed E-state index contributed by atoms with van der Waals surface area (Å²) in [5, 5.41) is 3.10. The Morgan fingerprint density at radius 3 is 2.58 bits per heavy atom. The molecule has 1 atom stereocenters. The van der Waals surface area contributed by atoms with Crippen LogP contribution in [0.1, 0.15) is 5.56 Å². The van der Waals surface area contributed by atoms with Crippen LogP contribution in [0.15, 0.2) is 77.9 Å². The minimum Gasteiger partial charge on any atom is -0.354 e. The maximum Gasteiger partial charge on any atom is 0.260 e. The lowest BCUT2D eigenvalue weighted by atomic mass is 10.0. The molecule has 0 aliphatic rings. The molecule has 33 heavy (non-hydrogen) atoms. The first-order chi connectivity index (χ1) is 16.0. The smallest absolute Gasteiger partial charge is 0.260 e. The predicted molar refractivity (Wildman–Crippen MR) is 126 cm³/mol. The van der Waals surface area contributed by atoms with E-state index < -0.39 is 0 Å². The molecule has 2 heterocycles. The van der Waals surface area contributed by atoms with E-state index in [2.05, 4.69) is 25.1 Å². The SMILES string of the molecule is [C-]#[N+]c1cccc(CC(N)CNc2nc(-c3ccncc3)c(-c3ccc(F)cc3)c(=O)[nH]2)c1. The number of halogens is 1. The number of aromatic amines is 1. The summed E-state index contributed by atoms with van der Waals surface area (Å²) in [7, 11) is 0. The van der Waals surface area contributed by atoms with Crippen LogP contribution in [0.5, 0.6) is 0 Å². The van der Waals surface area contributed by atoms with Gasteiger partial charge in [-0.2, -0.15) is 0 Å². The fraction of sp³-hybridized carbons (Fsp3) is 0.120. The Labute approximate surface area is 190 Å². The van der Waals surface area contributed by atoms with Crippen molar-refractivity contribution in [2.24, 2.45) is 5.73 Å². The maximum absolute atomic E-state index is 13.4. The van der Waals surface area contributed by atoms with Crippen LogP contribution < -0.4 is 16.6 Å². The number of nitrogens with zero attached hydrogens (tertiary/aromatic N) is 3. The Bertz CT molecular complexity index is 1350. The molecule has 1 unspecified atom stereocenters. The monoisotopic (exact) mass is 440 g/mol. The first-order valence-corrected chi connectivity index (χ1v) is 10.3. The highest BCUT2D eigenvalue weighted by atomic mass is 19.1. The lowest BCUT2D eigenvalue weighted by molar-refractivity contribution is 0.628. The summed E-state index contributed by atoms with van der Waals surface area (Å²) in [6.45, 7) is 7.49. The van der Waals surface area contributed by atoms with E-state index >= 15 is 0 Å². The number of nitrogens with one attached hydrogen (secondary N) is 2. The number of hydrogen-bond acceptors (Lipinski definition) is 5. The second kappa shape index (κ2) is 9.85. The van der Waals surface area contributed by atoms with Gasteiger partial charge in [0.1, 0.15) is 5.82 Å². The second-order valence-electron chi connectivity index (χ2n) is 7.51. The summed E-state index contributed by atoms with van der Waals surface area (Å²) >= 11 is 0. The van der Waals surface area contributed by atoms with E-state index in [1.54, 1.807) is 42.7 Å². The van der Waals surface area contributed by atoms with Gasteiger partial charge in [-0.3, -0.25) is 14.8 Å². The van der Waals surface area contributed by atoms with Crippen LogP contribution in [0.3, 0.4) is 0 Å². The van der Waals surface area contributed by atoms with Crippen molar-refractivity contribution < 1.29 is 4.39 Å². The summed E-state index contributed by atoms with van der Waals surface area (Å²) in [6.07, 6.45) is 3.80. The van der Waals surface area contributed by atoms with Crippen LogP contribution >= 0.6 is 0 Å². The Kier molecular flexibility index (Phi) is 6.53. The number of nitrogens with two attached hydrogens (primary N) is 1. The van der Waals surface area contributed by atoms with Gasteiger partial charge < -0.3 is 11.1 Å². The summed E-state index contributed by atoms with van der Waals surface area (Å²) in [5.41, 5.74) is 9.49. The maximum atomic E-state index is 13.4. The minimum absolute atomic E-state index is 0.266. The number of benzene rings is 2. The van der Waals surface area contributed by atoms with Crippen molar-refractivity contribution in [3.63, 3.8) is 0 Å². The molecule has 4 N–H and O–H groups in total. The fourth-order valence-electron chi connectivity index (χ4n) is 3.52. The van der Waals surface area contributed by atoms with E-state index in [9.17, 15) is 9.18 Å². The average Bonchev–Trinajstić information content (AvgIpc) is 2.84. The van der Waals surface area contributed by atoms with Crippen molar-refractivity contribution in [2.75, 3.05) is 11.9 Å². The van der Waals surface area contributed by atoms with Crippen molar-refractivity contribution in [3.05, 3.63) is 106 Å². The molecule has 7 nitrogen and oxygen atoms in total. The van der Waals surface area contributed by atoms with Gasteiger partial charge in [-0.05, 0) is 36.2 Å². The highest BCUT2D eigenvalue weighted by Crippen LogP contribution is 2.28. The summed E-state index contributed by atoms with van der Waals surface area (Å²) in [6, 6.07) is 16.3. The van der Waals surface area contributed by atoms with Crippen LogP contribution in [-0.2, 0) is 6.42 Å². The van der Waals surface area contributed by atoms with E-state index in [-0.39, 0.29) is 23.4 Å². The standard InChI is InChI=1S/C25H21FN6O/c1-28-21-4-2-3-16(14-21)13-20(27)15-30-25-31-23(18-9-11-29-12-10-18)22(24(33)32-25)17-5-7-19(26)8-6-17/h2-12,14,20H,13,15,27H2,(H2,30,31,32,33). The van der Waals surface area contributed by atoms with Crippen molar-refractivity contribution in [1.29, 1.82) is 0 Å². The largest absolute Gasteiger partial charge is 0.354 e. The van der Waals surface area contributed by atoms with E-state index in [1.165, 1.54) is 12.1 Å². The molecule has 2 aromatic carbocycles. The third-order valence-corrected chi connectivity index (χ3v) is 5.08. The summed E-state index contributed by atoms with van der Waals surface area (Å²) < 4.78 is 13.4. The molecule has 4 aromatic rings. The average molecular weight is 440 g/mol. The fourth-order valence-corrected chi connectivity index (χ4v) is 3.52. The van der Waals surface area contributed by atoms with Crippen molar-refractivity contribution in [1.82, 2.24) is 15.0 Å². The van der Waals surface area contributed by atoms with E-state index in [0.717, 1.165) is 5.56 Å². The van der Waals surface area contributed by atoms with Gasteiger partial charge in [0, 0.05) is 30.5 Å². The van der Waals surface area contributed by atoms with Gasteiger partial charge in [-0.1, -0.05) is 42.0 Å². The lowest BCUT2D eigenvalue weighted by Gasteiger charge is -2.15. The third kappa shape index (κ3) is 5.29. The van der Waals surface area contributed by atoms with Crippen LogP contribution in [0.4, 0.5) is 16.0 Å². The molecule has 8 heteroatoms. The molecule has 0 aliphatic carbocycles. The molecule has 0 amide bonds. The van der Waals surface area contributed by atoms with E-state index in [1.807, 2.05) is 18.2 Å². The number of H-pyrrole nitrogens is 1. The van der Waals surface area contributed by atoms with Crippen LogP contribution in [0.25, 0.3) is 27.2 Å². The molecule has 0 aliphatic heterocycles. The molecule has 2 aromatic heterocycles. The Morgan fingerprint density at radius 1 is 1.09 bits per heavy atom. The number of aromatic nitrogens is 3. The van der Waals surface area contributed by atoms with Crippen molar-refractivity contribution in [3.8, 4) is 22.4 Å². The topological polar surface area (TPSA) is 101 Å². The van der Waals surface area contributed by atoms with Gasteiger partial charge in [0.05, 0.1) is 17.8 Å². The van der Waals surface area contributed by atoms with Crippen LogP contribution in [0.2, 0.25) is 0 Å². The zero-order chi connectivity index (χ0) is 23.2. The highest BCUT2D eigenvalue weighted by molar-refractivity contribution is 5.80. The molecular formula is C25H21FN6O. The molecule has 4 rings (SSSR count). The van der Waals surface area contributed by atoms with Gasteiger partial charge in [0.15, 0.2) is 5.69 Å². The van der Waals surface area contributed by atoms with Gasteiger partial charge in [0.25, 0.3) is 5.56 Å². The van der Waals surface area contributed by atoms with Gasteiger partial charge >= 0.3 is 0 Å². The number of rotatable bonds is 7. The molecule has 0 spiro atoms. The van der Waals surface area contributed by atoms with E-state index in [4.69, 9.17) is 12.3 Å². The molecule has 0 fully saturated rings. The zero-order valence-corrected chi connectivity index (χ0v) is 17.6. The minimum atomic E-state index is -0.386. The van der Waals surface area contributed by atoms with Gasteiger partial charge in [0.2, 0.25) is 5.95 Å². The zero-order valence-electron chi connectivity index (χ0n) is 17.6. The lowest BCUT2D eigenvalue weighted by Crippen LogP contribution is -2.32. The van der Waals surface area contributed by atoms with E-state index in [0.29, 0.717) is 41.0 Å². The Hall–Kier alpha value is -4.35. The normalized spacial score (nSPS) is 11.5. The molecule has 0 saturated heterocycles. The predicted octanol–water partition coefficient (Wildman–Crippen LogP) is 4.17. The number of anilines is 1. The summed E-state index contributed by atoms with van der Waals surface area (Å²) in [5.74, 6) is -0.106. The highest BCUT2D eigenvalue weighted by Gasteiger charge is 2.16. The summed E-state index contributed by atoms with van der Waals surface area (Å²) in [4.78, 5) is 27.9. The Balaban J connectivity index is 1.60. The first-order valence-electron chi connectivity index (χ1n) is 10.3. The van der Waals surface area contributed by atoms with Crippen molar-refractivity contribution >= 4 is 11.6 Å². The number of hydrogen-bond donors (Lipinski definition) is 3. The number of pyridine rings is 1. The second-order valence-corrected chi connectivity index (χ2v) is 7.51. The molecule has 0 radical (unpaired) electrons. The molecule has 164 valence electrons. The van der Waals surface area contributed by atoms with Gasteiger partial charge in [-0.15, -0.1) is 0 Å². The molecular weight excluding hydrogens is 419 g/mol.